The van der Waals surface area contributed by atoms with Gasteiger partial charge in [0.1, 0.15) is 17.7 Å². The van der Waals surface area contributed by atoms with Crippen molar-refractivity contribution in [3.05, 3.63) is 35.5 Å². The maximum absolute atomic E-state index is 5.88. The molecule has 0 radical (unpaired) electrons. The smallest absolute Gasteiger partial charge is 0.130 e. The Morgan fingerprint density at radius 1 is 1.43 bits per heavy atom. The van der Waals surface area contributed by atoms with E-state index >= 15 is 0 Å². The van der Waals surface area contributed by atoms with E-state index < -0.39 is 0 Å². The molecule has 0 spiro atoms. The van der Waals surface area contributed by atoms with Gasteiger partial charge in [-0.3, -0.25) is 4.68 Å². The molecule has 1 aliphatic heterocycles. The molecule has 21 heavy (non-hydrogen) atoms. The lowest BCUT2D eigenvalue weighted by Crippen LogP contribution is -2.25. The van der Waals surface area contributed by atoms with Crippen molar-refractivity contribution in [3.8, 4) is 0 Å². The van der Waals surface area contributed by atoms with Gasteiger partial charge in [-0.2, -0.15) is 5.10 Å². The van der Waals surface area contributed by atoms with Crippen molar-refractivity contribution in [2.45, 2.75) is 38.8 Å². The van der Waals surface area contributed by atoms with Gasteiger partial charge in [0.15, 0.2) is 0 Å². The van der Waals surface area contributed by atoms with Crippen LogP contribution in [0.25, 0.3) is 0 Å². The third-order valence-corrected chi connectivity index (χ3v) is 3.83. The Morgan fingerprint density at radius 3 is 3.00 bits per heavy atom. The van der Waals surface area contributed by atoms with Gasteiger partial charge >= 0.3 is 0 Å². The number of anilines is 1. The molecule has 6 heteroatoms. The first-order valence-electron chi connectivity index (χ1n) is 7.38. The largest absolute Gasteiger partial charge is 0.370 e. The van der Waals surface area contributed by atoms with Crippen LogP contribution < -0.4 is 5.32 Å². The van der Waals surface area contributed by atoms with Gasteiger partial charge in [-0.1, -0.05) is 6.92 Å². The molecule has 3 heterocycles. The van der Waals surface area contributed by atoms with Gasteiger partial charge in [0.2, 0.25) is 0 Å². The highest BCUT2D eigenvalue weighted by Crippen LogP contribution is 2.30. The van der Waals surface area contributed by atoms with E-state index in [1.807, 2.05) is 30.8 Å². The van der Waals surface area contributed by atoms with Crippen molar-refractivity contribution in [2.24, 2.45) is 7.05 Å². The summed E-state index contributed by atoms with van der Waals surface area (Å²) in [7, 11) is 1.94. The first-order valence-corrected chi connectivity index (χ1v) is 7.38. The summed E-state index contributed by atoms with van der Waals surface area (Å²) in [6.45, 7) is 4.77. The monoisotopic (exact) mass is 287 g/mol. The van der Waals surface area contributed by atoms with Crippen molar-refractivity contribution in [1.29, 1.82) is 0 Å². The van der Waals surface area contributed by atoms with Crippen molar-refractivity contribution >= 4 is 5.82 Å². The van der Waals surface area contributed by atoms with Crippen molar-refractivity contribution in [3.63, 3.8) is 0 Å². The molecule has 0 aromatic carbocycles. The molecule has 0 aliphatic carbocycles. The number of hydrogen-bond donors (Lipinski definition) is 1. The second-order valence-electron chi connectivity index (χ2n) is 5.36. The Labute approximate surface area is 124 Å². The molecule has 1 fully saturated rings. The highest BCUT2D eigenvalue weighted by atomic mass is 16.5. The first-order chi connectivity index (χ1) is 10.2. The molecule has 1 saturated heterocycles. The predicted octanol–water partition coefficient (Wildman–Crippen LogP) is 2.02. The fourth-order valence-electron chi connectivity index (χ4n) is 2.77. The topological polar surface area (TPSA) is 64.9 Å². The lowest BCUT2D eigenvalue weighted by molar-refractivity contribution is 0.101. The summed E-state index contributed by atoms with van der Waals surface area (Å²) in [6, 6.07) is 4.23. The minimum atomic E-state index is 0.0119. The Hall–Kier alpha value is -1.95. The number of nitrogens with one attached hydrogen (secondary N) is 1. The van der Waals surface area contributed by atoms with Crippen LogP contribution in [0.1, 0.15) is 36.7 Å². The van der Waals surface area contributed by atoms with E-state index in [0.717, 1.165) is 42.5 Å². The molecule has 2 atom stereocenters. The second kappa shape index (κ2) is 5.81. The standard InChI is InChI=1S/C15H21N5O/c1-4-11-9-14(18-10(2)17-11)19-12-6-8-21-15(12)13-5-7-16-20(13)3/h5,7,9,12,15H,4,6,8H2,1-3H3,(H,17,18,19)/t12-,15-/m0/s1. The van der Waals surface area contributed by atoms with Crippen molar-refractivity contribution in [2.75, 3.05) is 11.9 Å². The van der Waals surface area contributed by atoms with E-state index in [-0.39, 0.29) is 12.1 Å². The third-order valence-electron chi connectivity index (χ3n) is 3.83. The molecule has 0 amide bonds. The van der Waals surface area contributed by atoms with E-state index in [1.165, 1.54) is 0 Å². The normalized spacial score (nSPS) is 21.7. The summed E-state index contributed by atoms with van der Waals surface area (Å²) in [4.78, 5) is 8.90. The van der Waals surface area contributed by atoms with E-state index in [1.54, 1.807) is 6.20 Å². The number of aryl methyl sites for hydroxylation is 3. The fraction of sp³-hybridized carbons (Fsp3) is 0.533. The van der Waals surface area contributed by atoms with Gasteiger partial charge in [0.25, 0.3) is 0 Å². The van der Waals surface area contributed by atoms with Crippen LogP contribution in [0.3, 0.4) is 0 Å². The van der Waals surface area contributed by atoms with Gasteiger partial charge < -0.3 is 10.1 Å². The number of aromatic nitrogens is 4. The molecule has 112 valence electrons. The summed E-state index contributed by atoms with van der Waals surface area (Å²) in [6.07, 6.45) is 3.68. The van der Waals surface area contributed by atoms with Crippen molar-refractivity contribution < 1.29 is 4.74 Å². The van der Waals surface area contributed by atoms with E-state index in [0.29, 0.717) is 0 Å². The highest BCUT2D eigenvalue weighted by molar-refractivity contribution is 5.38. The third kappa shape index (κ3) is 2.90. The van der Waals surface area contributed by atoms with E-state index in [2.05, 4.69) is 27.3 Å². The zero-order valence-electron chi connectivity index (χ0n) is 12.7. The minimum Gasteiger partial charge on any atom is -0.370 e. The lowest BCUT2D eigenvalue weighted by atomic mass is 10.1. The summed E-state index contributed by atoms with van der Waals surface area (Å²) in [5, 5.41) is 7.73. The zero-order valence-corrected chi connectivity index (χ0v) is 12.7. The van der Waals surface area contributed by atoms with Crippen LogP contribution >= 0.6 is 0 Å². The Morgan fingerprint density at radius 2 is 2.29 bits per heavy atom. The van der Waals surface area contributed by atoms with Crippen LogP contribution in [0.4, 0.5) is 5.82 Å². The van der Waals surface area contributed by atoms with Gasteiger partial charge in [0.05, 0.1) is 11.7 Å². The molecular formula is C15H21N5O. The van der Waals surface area contributed by atoms with Gasteiger partial charge in [-0.25, -0.2) is 9.97 Å². The van der Waals surface area contributed by atoms with Gasteiger partial charge in [-0.05, 0) is 25.8 Å². The average molecular weight is 287 g/mol. The molecule has 0 bridgehead atoms. The molecular weight excluding hydrogens is 266 g/mol. The van der Waals surface area contributed by atoms with Crippen LogP contribution in [0, 0.1) is 6.92 Å². The SMILES string of the molecule is CCc1cc(N[C@H]2CCO[C@@H]2c2ccnn2C)nc(C)n1. The Bertz CT molecular complexity index is 624. The molecule has 1 N–H and O–H groups in total. The quantitative estimate of drug-likeness (QED) is 0.932. The summed E-state index contributed by atoms with van der Waals surface area (Å²) in [5.41, 5.74) is 2.15. The molecule has 3 rings (SSSR count). The number of nitrogens with zero attached hydrogens (tertiary/aromatic N) is 4. The second-order valence-corrected chi connectivity index (χ2v) is 5.36. The molecule has 2 aromatic heterocycles. The fourth-order valence-corrected chi connectivity index (χ4v) is 2.77. The maximum atomic E-state index is 5.88. The zero-order chi connectivity index (χ0) is 14.8. The molecule has 0 unspecified atom stereocenters. The first kappa shape index (κ1) is 14.0. The van der Waals surface area contributed by atoms with Gasteiger partial charge in [-0.15, -0.1) is 0 Å². The van der Waals surface area contributed by atoms with Crippen molar-refractivity contribution in [1.82, 2.24) is 19.7 Å². The summed E-state index contributed by atoms with van der Waals surface area (Å²) in [5.74, 6) is 1.68. The molecule has 2 aromatic rings. The van der Waals surface area contributed by atoms with Crippen LogP contribution in [-0.2, 0) is 18.2 Å². The number of ether oxygens (including phenoxy) is 1. The highest BCUT2D eigenvalue weighted by Gasteiger charge is 2.31. The van der Waals surface area contributed by atoms with Crippen LogP contribution in [-0.4, -0.2) is 32.4 Å². The summed E-state index contributed by atoms with van der Waals surface area (Å²) < 4.78 is 7.75. The molecule has 6 nitrogen and oxygen atoms in total. The lowest BCUT2D eigenvalue weighted by Gasteiger charge is -2.21. The average Bonchev–Trinajstić information content (AvgIpc) is 3.06. The Kier molecular flexibility index (Phi) is 3.88. The van der Waals surface area contributed by atoms with Gasteiger partial charge in [0, 0.05) is 31.6 Å². The maximum Gasteiger partial charge on any atom is 0.130 e. The van der Waals surface area contributed by atoms with Crippen LogP contribution in [0.5, 0.6) is 0 Å². The Balaban J connectivity index is 1.81. The number of hydrogen-bond acceptors (Lipinski definition) is 5. The minimum absolute atomic E-state index is 0.0119. The van der Waals surface area contributed by atoms with Crippen LogP contribution in [0.15, 0.2) is 18.3 Å². The van der Waals surface area contributed by atoms with E-state index in [4.69, 9.17) is 4.74 Å². The number of rotatable bonds is 4. The van der Waals surface area contributed by atoms with E-state index in [9.17, 15) is 0 Å². The summed E-state index contributed by atoms with van der Waals surface area (Å²) >= 11 is 0. The predicted molar refractivity (Wildman–Crippen MR) is 80.1 cm³/mol. The molecule has 1 aliphatic rings. The van der Waals surface area contributed by atoms with Crippen LogP contribution in [0.2, 0.25) is 0 Å². The molecule has 0 saturated carbocycles.